The monoisotopic (exact) mass is 266 g/mol. The van der Waals surface area contributed by atoms with E-state index in [0.29, 0.717) is 27.5 Å². The maximum Gasteiger partial charge on any atom is 0.348 e. The quantitative estimate of drug-likeness (QED) is 0.493. The van der Waals surface area contributed by atoms with Gasteiger partial charge in [-0.3, -0.25) is 0 Å². The Kier molecular flexibility index (Phi) is 2.02. The molecule has 0 fully saturated rings. The fraction of sp³-hybridized carbons (Fsp3) is 0.0625. The number of phenols is 1. The van der Waals surface area contributed by atoms with Crippen molar-refractivity contribution in [3.05, 3.63) is 52.4 Å². The number of hydrogen-bond acceptors (Lipinski definition) is 4. The van der Waals surface area contributed by atoms with E-state index in [4.69, 9.17) is 8.83 Å². The van der Waals surface area contributed by atoms with Gasteiger partial charge in [0.05, 0.1) is 5.39 Å². The highest BCUT2D eigenvalue weighted by molar-refractivity contribution is 6.12. The summed E-state index contributed by atoms with van der Waals surface area (Å²) in [6, 6.07) is 10.3. The number of aromatic hydroxyl groups is 1. The van der Waals surface area contributed by atoms with Crippen LogP contribution in [0, 0.1) is 6.92 Å². The van der Waals surface area contributed by atoms with Gasteiger partial charge in [-0.25, -0.2) is 4.79 Å². The zero-order valence-corrected chi connectivity index (χ0v) is 10.6. The van der Waals surface area contributed by atoms with E-state index in [-0.39, 0.29) is 5.75 Å². The molecule has 0 aliphatic carbocycles. The molecule has 4 rings (SSSR count). The molecule has 0 radical (unpaired) electrons. The lowest BCUT2D eigenvalue weighted by Crippen LogP contribution is -1.97. The van der Waals surface area contributed by atoms with E-state index in [2.05, 4.69) is 0 Å². The van der Waals surface area contributed by atoms with Gasteiger partial charge in [0.15, 0.2) is 5.58 Å². The first-order valence-corrected chi connectivity index (χ1v) is 6.22. The second kappa shape index (κ2) is 3.63. The molecule has 20 heavy (non-hydrogen) atoms. The smallest absolute Gasteiger partial charge is 0.348 e. The molecule has 2 heterocycles. The van der Waals surface area contributed by atoms with Crippen LogP contribution in [0.3, 0.4) is 0 Å². The second-order valence-corrected chi connectivity index (χ2v) is 4.88. The van der Waals surface area contributed by atoms with Gasteiger partial charge in [-0.1, -0.05) is 6.07 Å². The number of furan rings is 1. The van der Waals surface area contributed by atoms with E-state index in [1.165, 1.54) is 6.07 Å². The van der Waals surface area contributed by atoms with E-state index >= 15 is 0 Å². The molecule has 4 nitrogen and oxygen atoms in total. The number of hydrogen-bond donors (Lipinski definition) is 1. The summed E-state index contributed by atoms with van der Waals surface area (Å²) in [5, 5.41) is 11.3. The predicted molar refractivity (Wildman–Crippen MR) is 76.2 cm³/mol. The van der Waals surface area contributed by atoms with Crippen molar-refractivity contribution in [3.8, 4) is 5.75 Å². The van der Waals surface area contributed by atoms with Crippen LogP contribution in [0.4, 0.5) is 0 Å². The van der Waals surface area contributed by atoms with Crippen molar-refractivity contribution in [3.63, 3.8) is 0 Å². The number of aryl methyl sites for hydroxylation is 1. The van der Waals surface area contributed by atoms with Crippen LogP contribution in [0.25, 0.3) is 32.9 Å². The average Bonchev–Trinajstić information content (AvgIpc) is 2.77. The van der Waals surface area contributed by atoms with Gasteiger partial charge in [0.2, 0.25) is 0 Å². The molecule has 4 aromatic rings. The standard InChI is InChI=1S/C16H10O4/c1-8-2-4-10-12(6-8)19-15-11-5-3-9(17)7-13(11)20-16(18)14(10)15/h2-7,17H,1H3. The third kappa shape index (κ3) is 1.39. The Labute approximate surface area is 112 Å². The van der Waals surface area contributed by atoms with Crippen molar-refractivity contribution in [2.75, 3.05) is 0 Å². The fourth-order valence-electron chi connectivity index (χ4n) is 2.53. The summed E-state index contributed by atoms with van der Waals surface area (Å²) in [5.74, 6) is 0.0481. The van der Waals surface area contributed by atoms with E-state index < -0.39 is 5.63 Å². The Hall–Kier alpha value is -2.75. The molecule has 0 bridgehead atoms. The Balaban J connectivity index is 2.32. The number of fused-ring (bicyclic) bond motifs is 5. The molecule has 0 saturated carbocycles. The Bertz CT molecular complexity index is 1040. The summed E-state index contributed by atoms with van der Waals surface area (Å²) in [6.07, 6.45) is 0. The summed E-state index contributed by atoms with van der Waals surface area (Å²) in [5.41, 5.74) is 2.08. The van der Waals surface area contributed by atoms with Crippen LogP contribution < -0.4 is 5.63 Å². The van der Waals surface area contributed by atoms with E-state index in [1.807, 2.05) is 25.1 Å². The first-order chi connectivity index (χ1) is 9.63. The SMILES string of the molecule is Cc1ccc2c(c1)oc1c3ccc(O)cc3oc(=O)c21. The topological polar surface area (TPSA) is 63.6 Å². The minimum absolute atomic E-state index is 0.0481. The lowest BCUT2D eigenvalue weighted by Gasteiger charge is -1.97. The van der Waals surface area contributed by atoms with Crippen LogP contribution in [0.15, 0.2) is 50.0 Å². The minimum Gasteiger partial charge on any atom is -0.508 e. The van der Waals surface area contributed by atoms with Crippen molar-refractivity contribution in [2.45, 2.75) is 6.92 Å². The van der Waals surface area contributed by atoms with Crippen LogP contribution in [0.1, 0.15) is 5.56 Å². The third-order valence-electron chi connectivity index (χ3n) is 3.46. The summed E-state index contributed by atoms with van der Waals surface area (Å²) < 4.78 is 11.1. The minimum atomic E-state index is -0.458. The van der Waals surface area contributed by atoms with Gasteiger partial charge < -0.3 is 13.9 Å². The summed E-state index contributed by atoms with van der Waals surface area (Å²) >= 11 is 0. The predicted octanol–water partition coefficient (Wildman–Crippen LogP) is 3.71. The zero-order chi connectivity index (χ0) is 13.9. The molecule has 4 heteroatoms. The van der Waals surface area contributed by atoms with Gasteiger partial charge in [0.25, 0.3) is 0 Å². The maximum absolute atomic E-state index is 12.2. The Morgan fingerprint density at radius 2 is 1.70 bits per heavy atom. The largest absolute Gasteiger partial charge is 0.508 e. The third-order valence-corrected chi connectivity index (χ3v) is 3.46. The van der Waals surface area contributed by atoms with Gasteiger partial charge >= 0.3 is 5.63 Å². The van der Waals surface area contributed by atoms with E-state index in [9.17, 15) is 9.90 Å². The van der Waals surface area contributed by atoms with Gasteiger partial charge in [-0.15, -0.1) is 0 Å². The normalized spacial score (nSPS) is 11.7. The molecule has 0 spiro atoms. The molecule has 0 unspecified atom stereocenters. The van der Waals surface area contributed by atoms with Crippen LogP contribution in [0.5, 0.6) is 5.75 Å². The molecular formula is C16H10O4. The fourth-order valence-corrected chi connectivity index (χ4v) is 2.53. The maximum atomic E-state index is 12.2. The van der Waals surface area contributed by atoms with E-state index in [1.54, 1.807) is 12.1 Å². The molecule has 0 amide bonds. The van der Waals surface area contributed by atoms with Gasteiger partial charge in [0.1, 0.15) is 22.3 Å². The van der Waals surface area contributed by atoms with Crippen LogP contribution in [-0.4, -0.2) is 5.11 Å². The average molecular weight is 266 g/mol. The molecule has 0 saturated heterocycles. The Morgan fingerprint density at radius 1 is 0.950 bits per heavy atom. The molecule has 0 aliphatic rings. The van der Waals surface area contributed by atoms with Gasteiger partial charge in [0, 0.05) is 11.5 Å². The first-order valence-electron chi connectivity index (χ1n) is 6.22. The summed E-state index contributed by atoms with van der Waals surface area (Å²) in [7, 11) is 0. The van der Waals surface area contributed by atoms with Crippen LogP contribution in [0.2, 0.25) is 0 Å². The highest BCUT2D eigenvalue weighted by Gasteiger charge is 2.16. The van der Waals surface area contributed by atoms with Crippen molar-refractivity contribution in [1.82, 2.24) is 0 Å². The first kappa shape index (κ1) is 11.1. The molecular weight excluding hydrogens is 256 g/mol. The number of rotatable bonds is 0. The lowest BCUT2D eigenvalue weighted by atomic mass is 10.1. The summed E-state index contributed by atoms with van der Waals surface area (Å²) in [6.45, 7) is 1.96. The van der Waals surface area contributed by atoms with Crippen LogP contribution >= 0.6 is 0 Å². The Morgan fingerprint density at radius 3 is 2.55 bits per heavy atom. The van der Waals surface area contributed by atoms with Gasteiger partial charge in [-0.05, 0) is 36.8 Å². The van der Waals surface area contributed by atoms with Crippen molar-refractivity contribution < 1.29 is 13.9 Å². The zero-order valence-electron chi connectivity index (χ0n) is 10.6. The number of phenolic OH excluding ortho intramolecular Hbond substituents is 1. The highest BCUT2D eigenvalue weighted by atomic mass is 16.4. The summed E-state index contributed by atoms with van der Waals surface area (Å²) in [4.78, 5) is 12.2. The second-order valence-electron chi connectivity index (χ2n) is 4.88. The highest BCUT2D eigenvalue weighted by Crippen LogP contribution is 2.33. The molecule has 1 N–H and O–H groups in total. The van der Waals surface area contributed by atoms with E-state index in [0.717, 1.165) is 10.9 Å². The van der Waals surface area contributed by atoms with Crippen molar-refractivity contribution >= 4 is 32.9 Å². The van der Waals surface area contributed by atoms with Crippen molar-refractivity contribution in [2.24, 2.45) is 0 Å². The molecule has 2 aromatic carbocycles. The van der Waals surface area contributed by atoms with Crippen LogP contribution in [-0.2, 0) is 0 Å². The molecule has 0 aliphatic heterocycles. The molecule has 98 valence electrons. The molecule has 0 atom stereocenters. The lowest BCUT2D eigenvalue weighted by molar-refractivity contribution is 0.473. The number of benzene rings is 2. The molecule has 2 aromatic heterocycles. The van der Waals surface area contributed by atoms with Crippen molar-refractivity contribution in [1.29, 1.82) is 0 Å². The van der Waals surface area contributed by atoms with Gasteiger partial charge in [-0.2, -0.15) is 0 Å².